The fourth-order valence-electron chi connectivity index (χ4n) is 6.18. The summed E-state index contributed by atoms with van der Waals surface area (Å²) in [7, 11) is 0. The summed E-state index contributed by atoms with van der Waals surface area (Å²) >= 11 is 0. The average molecular weight is 401 g/mol. The first kappa shape index (κ1) is 22.6. The van der Waals surface area contributed by atoms with Gasteiger partial charge < -0.3 is 15.3 Å². The maximum atomic E-state index is 10.0. The molecule has 29 heavy (non-hydrogen) atoms. The first-order valence-corrected chi connectivity index (χ1v) is 11.6. The van der Waals surface area contributed by atoms with Crippen LogP contribution in [0.4, 0.5) is 0 Å². The molecule has 0 aromatic carbocycles. The lowest BCUT2D eigenvalue weighted by atomic mass is 9.62. The molecule has 1 fully saturated rings. The molecule has 0 aromatic heterocycles. The molecule has 0 amide bonds. The highest BCUT2D eigenvalue weighted by molar-refractivity contribution is 5.42. The number of rotatable bonds is 5. The number of aliphatic hydroxyl groups is 3. The van der Waals surface area contributed by atoms with Crippen molar-refractivity contribution in [2.24, 2.45) is 23.2 Å². The van der Waals surface area contributed by atoms with Crippen LogP contribution in [0.3, 0.4) is 0 Å². The van der Waals surface area contributed by atoms with Gasteiger partial charge in [-0.25, -0.2) is 0 Å². The van der Waals surface area contributed by atoms with E-state index >= 15 is 0 Å². The average Bonchev–Trinajstić information content (AvgIpc) is 2.95. The van der Waals surface area contributed by atoms with E-state index in [4.69, 9.17) is 0 Å². The minimum Gasteiger partial charge on any atom is -0.393 e. The van der Waals surface area contributed by atoms with E-state index in [1.165, 1.54) is 31.3 Å². The van der Waals surface area contributed by atoms with E-state index < -0.39 is 17.8 Å². The van der Waals surface area contributed by atoms with Crippen molar-refractivity contribution in [2.75, 3.05) is 0 Å². The van der Waals surface area contributed by atoms with E-state index in [1.54, 1.807) is 0 Å². The van der Waals surface area contributed by atoms with Gasteiger partial charge in [0, 0.05) is 24.0 Å². The second-order valence-electron chi connectivity index (χ2n) is 10.7. The molecule has 3 rings (SSSR count). The van der Waals surface area contributed by atoms with Crippen molar-refractivity contribution < 1.29 is 15.3 Å². The van der Waals surface area contributed by atoms with Crippen LogP contribution in [-0.4, -0.2) is 33.1 Å². The lowest BCUT2D eigenvalue weighted by Crippen LogP contribution is -2.35. The van der Waals surface area contributed by atoms with Gasteiger partial charge in [0.25, 0.3) is 0 Å². The third kappa shape index (κ3) is 5.54. The van der Waals surface area contributed by atoms with Gasteiger partial charge in [0.15, 0.2) is 0 Å². The number of aliphatic hydroxyl groups excluding tert-OH is 2. The number of hydrogen-bond acceptors (Lipinski definition) is 3. The summed E-state index contributed by atoms with van der Waals surface area (Å²) in [5, 5.41) is 29.8. The van der Waals surface area contributed by atoms with Crippen LogP contribution in [0.5, 0.6) is 0 Å². The molecule has 3 nitrogen and oxygen atoms in total. The van der Waals surface area contributed by atoms with Gasteiger partial charge in [-0.15, -0.1) is 0 Å². The van der Waals surface area contributed by atoms with E-state index in [9.17, 15) is 15.3 Å². The lowest BCUT2D eigenvalue weighted by molar-refractivity contribution is 0.0614. The molecular weight excluding hydrogens is 360 g/mol. The zero-order valence-electron chi connectivity index (χ0n) is 18.7. The van der Waals surface area contributed by atoms with Crippen molar-refractivity contribution in [3.8, 4) is 11.8 Å². The van der Waals surface area contributed by atoms with Crippen LogP contribution < -0.4 is 0 Å². The Morgan fingerprint density at radius 1 is 1.24 bits per heavy atom. The highest BCUT2D eigenvalue weighted by Crippen LogP contribution is 2.58. The molecule has 162 valence electrons. The molecule has 0 spiro atoms. The predicted molar refractivity (Wildman–Crippen MR) is 118 cm³/mol. The molecule has 1 saturated carbocycles. The Morgan fingerprint density at radius 3 is 2.69 bits per heavy atom. The van der Waals surface area contributed by atoms with Crippen molar-refractivity contribution in [1.82, 2.24) is 0 Å². The summed E-state index contributed by atoms with van der Waals surface area (Å²) in [5.41, 5.74) is 1.90. The van der Waals surface area contributed by atoms with E-state index in [2.05, 4.69) is 31.8 Å². The molecule has 6 atom stereocenters. The monoisotopic (exact) mass is 400 g/mol. The molecule has 0 radical (unpaired) electrons. The highest BCUT2D eigenvalue weighted by atomic mass is 16.3. The summed E-state index contributed by atoms with van der Waals surface area (Å²) in [4.78, 5) is 0. The van der Waals surface area contributed by atoms with E-state index in [0.29, 0.717) is 30.1 Å². The minimum atomic E-state index is -0.575. The Bertz CT molecular complexity index is 702. The van der Waals surface area contributed by atoms with Crippen molar-refractivity contribution in [3.05, 3.63) is 23.3 Å². The molecule has 3 heteroatoms. The van der Waals surface area contributed by atoms with Gasteiger partial charge in [-0.1, -0.05) is 44.6 Å². The molecule has 3 N–H and O–H groups in total. The first-order valence-electron chi connectivity index (χ1n) is 11.6. The second kappa shape index (κ2) is 8.96. The van der Waals surface area contributed by atoms with Gasteiger partial charge in [0.05, 0.1) is 17.8 Å². The normalized spacial score (nSPS) is 35.8. The Kier molecular flexibility index (Phi) is 6.99. The standard InChI is InChI=1S/C26H40O3/c1-18(7-5-13-25(2,3)29)23-11-12-24-20(8-6-14-26(23,24)4)10-9-19-15-21(27)17-22(28)16-19/h8,15,18,21-24,27-29H,5-7,11-14,16-17H2,1-4H3/t18-,21-,22+,23-,24+,26-/m1/s1. The Balaban J connectivity index is 1.67. The smallest absolute Gasteiger partial charge is 0.0757 e. The Hall–Kier alpha value is -1.08. The number of fused-ring (bicyclic) bond motifs is 1. The quantitative estimate of drug-likeness (QED) is 0.583. The van der Waals surface area contributed by atoms with Crippen molar-refractivity contribution in [1.29, 1.82) is 0 Å². The summed E-state index contributed by atoms with van der Waals surface area (Å²) in [6.07, 6.45) is 12.0. The fraction of sp³-hybridized carbons (Fsp3) is 0.769. The van der Waals surface area contributed by atoms with E-state index in [0.717, 1.165) is 30.8 Å². The van der Waals surface area contributed by atoms with E-state index in [1.807, 2.05) is 19.9 Å². The fourth-order valence-corrected chi connectivity index (χ4v) is 6.18. The second-order valence-corrected chi connectivity index (χ2v) is 10.7. The van der Waals surface area contributed by atoms with Crippen molar-refractivity contribution in [3.63, 3.8) is 0 Å². The predicted octanol–water partition coefficient (Wildman–Crippen LogP) is 4.76. The summed E-state index contributed by atoms with van der Waals surface area (Å²) < 4.78 is 0. The summed E-state index contributed by atoms with van der Waals surface area (Å²) in [6.45, 7) is 8.69. The molecular formula is C26H40O3. The minimum absolute atomic E-state index is 0.312. The highest BCUT2D eigenvalue weighted by Gasteiger charge is 2.50. The third-order valence-electron chi connectivity index (χ3n) is 7.70. The van der Waals surface area contributed by atoms with Crippen LogP contribution in [0, 0.1) is 35.0 Å². The molecule has 0 aliphatic heterocycles. The number of allylic oxidation sites excluding steroid dienone is 2. The lowest BCUT2D eigenvalue weighted by Gasteiger charge is -2.42. The maximum Gasteiger partial charge on any atom is 0.0757 e. The van der Waals surface area contributed by atoms with Crippen LogP contribution in [-0.2, 0) is 0 Å². The van der Waals surface area contributed by atoms with Crippen LogP contribution in [0.1, 0.15) is 85.5 Å². The topological polar surface area (TPSA) is 60.7 Å². The number of hydrogen-bond donors (Lipinski definition) is 3. The van der Waals surface area contributed by atoms with Gasteiger partial charge >= 0.3 is 0 Å². The van der Waals surface area contributed by atoms with Gasteiger partial charge in [-0.2, -0.15) is 0 Å². The molecule has 0 heterocycles. The molecule has 0 unspecified atom stereocenters. The van der Waals surface area contributed by atoms with Crippen LogP contribution in [0.2, 0.25) is 0 Å². The van der Waals surface area contributed by atoms with Crippen molar-refractivity contribution >= 4 is 0 Å². The Morgan fingerprint density at radius 2 is 2.00 bits per heavy atom. The van der Waals surface area contributed by atoms with Gasteiger partial charge in [-0.3, -0.25) is 0 Å². The van der Waals surface area contributed by atoms with Gasteiger partial charge in [0.2, 0.25) is 0 Å². The molecule has 0 aromatic rings. The molecule has 0 saturated heterocycles. The van der Waals surface area contributed by atoms with Crippen LogP contribution in [0.15, 0.2) is 23.3 Å². The molecule has 0 bridgehead atoms. The third-order valence-corrected chi connectivity index (χ3v) is 7.70. The Labute approximate surface area is 177 Å². The summed E-state index contributed by atoms with van der Waals surface area (Å²) in [5.74, 6) is 8.64. The van der Waals surface area contributed by atoms with E-state index in [-0.39, 0.29) is 0 Å². The zero-order valence-corrected chi connectivity index (χ0v) is 18.7. The van der Waals surface area contributed by atoms with Crippen molar-refractivity contribution in [2.45, 2.75) is 103 Å². The van der Waals surface area contributed by atoms with Gasteiger partial charge in [0.1, 0.15) is 0 Å². The molecule has 3 aliphatic rings. The van der Waals surface area contributed by atoms with Crippen LogP contribution in [0.25, 0.3) is 0 Å². The van der Waals surface area contributed by atoms with Gasteiger partial charge in [-0.05, 0) is 75.2 Å². The first-order chi connectivity index (χ1) is 13.6. The van der Waals surface area contributed by atoms with Crippen LogP contribution >= 0.6 is 0 Å². The molecule has 3 aliphatic carbocycles. The summed E-state index contributed by atoms with van der Waals surface area (Å²) in [6, 6.07) is 0. The SMILES string of the molecule is C[C@H](CCCC(C)(C)O)[C@H]1CC[C@H]2C(C#CC3=C[C@@H](O)C[C@@H](O)C3)=CCC[C@]12C. The zero-order chi connectivity index (χ0) is 21.2. The largest absolute Gasteiger partial charge is 0.393 e. The maximum absolute atomic E-state index is 10.0.